The summed E-state index contributed by atoms with van der Waals surface area (Å²) < 4.78 is 5.81. The molecule has 1 saturated heterocycles. The Labute approximate surface area is 174 Å². The third-order valence-corrected chi connectivity index (χ3v) is 6.08. The van der Waals surface area contributed by atoms with E-state index in [4.69, 9.17) is 4.74 Å². The molecule has 0 bridgehead atoms. The minimum atomic E-state index is -0.523. The van der Waals surface area contributed by atoms with E-state index in [0.717, 1.165) is 18.5 Å². The summed E-state index contributed by atoms with van der Waals surface area (Å²) in [7, 11) is 0. The number of hydrogen-bond acceptors (Lipinski definition) is 3. The largest absolute Gasteiger partial charge is 0.478 e. The Kier molecular flexibility index (Phi) is 7.50. The summed E-state index contributed by atoms with van der Waals surface area (Å²) in [6.07, 6.45) is 1.03. The number of anilines is 1. The van der Waals surface area contributed by atoms with Crippen molar-refractivity contribution < 1.29 is 24.1 Å². The number of likely N-dealkylation sites (N-methyl/N-ethyl adjacent to an activating group) is 1. The summed E-state index contributed by atoms with van der Waals surface area (Å²) in [5.74, 6) is 0.422. The van der Waals surface area contributed by atoms with Gasteiger partial charge in [0, 0.05) is 13.0 Å². The maximum absolute atomic E-state index is 12.8. The molecule has 160 valence electrons. The molecule has 0 saturated carbocycles. The van der Waals surface area contributed by atoms with Gasteiger partial charge in [-0.3, -0.25) is 14.5 Å². The highest BCUT2D eigenvalue weighted by Gasteiger charge is 2.34. The molecule has 2 amide bonds. The monoisotopic (exact) mass is 404 g/mol. The quantitative estimate of drug-likeness (QED) is 0.478. The number of ether oxygens (including phenoxy) is 1. The van der Waals surface area contributed by atoms with Gasteiger partial charge >= 0.3 is 0 Å². The SMILES string of the molecule is CCC1Oc2ccc(C)cc2N(CC(=O)NCCC[NH+]2CC[NH+](CC)CC2)C1=O. The van der Waals surface area contributed by atoms with E-state index in [1.54, 1.807) is 14.7 Å². The van der Waals surface area contributed by atoms with Crippen molar-refractivity contribution in [2.24, 2.45) is 0 Å². The summed E-state index contributed by atoms with van der Waals surface area (Å²) in [5.41, 5.74) is 1.73. The number of fused-ring (bicyclic) bond motifs is 1. The molecule has 2 aliphatic rings. The molecule has 1 aromatic rings. The van der Waals surface area contributed by atoms with Crippen LogP contribution in [0, 0.1) is 6.92 Å². The molecule has 1 aromatic carbocycles. The lowest BCUT2D eigenvalue weighted by molar-refractivity contribution is -1.01. The minimum Gasteiger partial charge on any atom is -0.478 e. The van der Waals surface area contributed by atoms with Crippen LogP contribution in [0.2, 0.25) is 0 Å². The second kappa shape index (κ2) is 10.1. The van der Waals surface area contributed by atoms with E-state index in [0.29, 0.717) is 24.4 Å². The molecule has 7 heteroatoms. The highest BCUT2D eigenvalue weighted by molar-refractivity contribution is 6.03. The normalized spacial score (nSPS) is 24.0. The van der Waals surface area contributed by atoms with Crippen LogP contribution in [0.5, 0.6) is 5.75 Å². The molecular formula is C22H36N4O3+2. The number of nitrogens with one attached hydrogen (secondary N) is 3. The molecule has 0 spiro atoms. The van der Waals surface area contributed by atoms with Gasteiger partial charge in [-0.2, -0.15) is 0 Å². The molecule has 1 fully saturated rings. The third kappa shape index (κ3) is 5.48. The molecule has 1 atom stereocenters. The van der Waals surface area contributed by atoms with Crippen LogP contribution in [0.3, 0.4) is 0 Å². The van der Waals surface area contributed by atoms with Gasteiger partial charge in [0.15, 0.2) is 6.10 Å². The van der Waals surface area contributed by atoms with Crippen LogP contribution in [0.15, 0.2) is 18.2 Å². The van der Waals surface area contributed by atoms with Crippen LogP contribution in [-0.4, -0.2) is 70.3 Å². The summed E-state index contributed by atoms with van der Waals surface area (Å²) >= 11 is 0. The summed E-state index contributed by atoms with van der Waals surface area (Å²) in [4.78, 5) is 30.2. The predicted molar refractivity (Wildman–Crippen MR) is 113 cm³/mol. The van der Waals surface area contributed by atoms with Gasteiger partial charge in [-0.15, -0.1) is 0 Å². The Morgan fingerprint density at radius 3 is 2.62 bits per heavy atom. The van der Waals surface area contributed by atoms with Crippen molar-refractivity contribution in [1.29, 1.82) is 0 Å². The first-order chi connectivity index (χ1) is 14.0. The molecular weight excluding hydrogens is 368 g/mol. The van der Waals surface area contributed by atoms with Crippen LogP contribution in [-0.2, 0) is 9.59 Å². The summed E-state index contributed by atoms with van der Waals surface area (Å²) in [6.45, 7) is 14.1. The zero-order valence-corrected chi connectivity index (χ0v) is 18.1. The number of piperazine rings is 1. The first-order valence-corrected chi connectivity index (χ1v) is 11.0. The highest BCUT2D eigenvalue weighted by atomic mass is 16.5. The molecule has 0 aliphatic carbocycles. The predicted octanol–water partition coefficient (Wildman–Crippen LogP) is -1.19. The molecule has 7 nitrogen and oxygen atoms in total. The zero-order valence-electron chi connectivity index (χ0n) is 18.1. The Morgan fingerprint density at radius 1 is 1.21 bits per heavy atom. The number of carbonyl (C=O) groups excluding carboxylic acids is 2. The Balaban J connectivity index is 1.48. The maximum atomic E-state index is 12.8. The topological polar surface area (TPSA) is 67.5 Å². The number of benzene rings is 1. The van der Waals surface area contributed by atoms with Gasteiger partial charge in [0.25, 0.3) is 5.91 Å². The number of rotatable bonds is 8. The molecule has 0 radical (unpaired) electrons. The van der Waals surface area contributed by atoms with Crippen molar-refractivity contribution in [3.63, 3.8) is 0 Å². The maximum Gasteiger partial charge on any atom is 0.268 e. The minimum absolute atomic E-state index is 0.0422. The van der Waals surface area contributed by atoms with Crippen molar-refractivity contribution in [3.05, 3.63) is 23.8 Å². The second-order valence-corrected chi connectivity index (χ2v) is 8.22. The molecule has 1 unspecified atom stereocenters. The van der Waals surface area contributed by atoms with Gasteiger partial charge in [-0.05, 0) is 38.0 Å². The number of aryl methyl sites for hydroxylation is 1. The fourth-order valence-corrected chi connectivity index (χ4v) is 4.18. The lowest BCUT2D eigenvalue weighted by atomic mass is 10.1. The van der Waals surface area contributed by atoms with Gasteiger partial charge in [-0.25, -0.2) is 0 Å². The van der Waals surface area contributed by atoms with Crippen LogP contribution >= 0.6 is 0 Å². The van der Waals surface area contributed by atoms with Crippen molar-refractivity contribution in [1.82, 2.24) is 5.32 Å². The average Bonchev–Trinajstić information content (AvgIpc) is 2.73. The van der Waals surface area contributed by atoms with Crippen molar-refractivity contribution in [2.45, 2.75) is 39.7 Å². The molecule has 29 heavy (non-hydrogen) atoms. The molecule has 0 aromatic heterocycles. The first kappa shape index (κ1) is 21.6. The van der Waals surface area contributed by atoms with E-state index < -0.39 is 6.10 Å². The Morgan fingerprint density at radius 2 is 1.93 bits per heavy atom. The Hall–Kier alpha value is -2.12. The van der Waals surface area contributed by atoms with Gasteiger partial charge in [0.1, 0.15) is 38.5 Å². The average molecular weight is 405 g/mol. The van der Waals surface area contributed by atoms with Crippen LogP contribution in [0.1, 0.15) is 32.3 Å². The third-order valence-electron chi connectivity index (χ3n) is 6.08. The van der Waals surface area contributed by atoms with Crippen LogP contribution < -0.4 is 24.8 Å². The van der Waals surface area contributed by atoms with Crippen molar-refractivity contribution in [2.75, 3.05) is 57.3 Å². The summed E-state index contributed by atoms with van der Waals surface area (Å²) in [5, 5.41) is 3.00. The van der Waals surface area contributed by atoms with Crippen LogP contribution in [0.4, 0.5) is 5.69 Å². The molecule has 3 N–H and O–H groups in total. The number of quaternary nitrogens is 2. The van der Waals surface area contributed by atoms with Gasteiger partial charge in [0.05, 0.1) is 18.8 Å². The second-order valence-electron chi connectivity index (χ2n) is 8.22. The van der Waals surface area contributed by atoms with E-state index >= 15 is 0 Å². The van der Waals surface area contributed by atoms with Crippen molar-refractivity contribution in [3.8, 4) is 5.75 Å². The first-order valence-electron chi connectivity index (χ1n) is 11.0. The van der Waals surface area contributed by atoms with E-state index in [-0.39, 0.29) is 18.4 Å². The van der Waals surface area contributed by atoms with E-state index in [9.17, 15) is 9.59 Å². The van der Waals surface area contributed by atoms with Gasteiger partial charge < -0.3 is 19.9 Å². The van der Waals surface area contributed by atoms with E-state index in [2.05, 4.69) is 12.2 Å². The fourth-order valence-electron chi connectivity index (χ4n) is 4.18. The molecule has 2 aliphatic heterocycles. The smallest absolute Gasteiger partial charge is 0.268 e. The van der Waals surface area contributed by atoms with Crippen molar-refractivity contribution >= 4 is 17.5 Å². The molecule has 3 rings (SSSR count). The standard InChI is InChI=1S/C22H34N4O3/c1-4-19-22(28)26(18-15-17(3)7-8-20(18)29-19)16-21(27)23-9-6-10-25-13-11-24(5-2)12-14-25/h7-8,15,19H,4-6,9-14,16H2,1-3H3,(H,23,27)/p+2. The number of carbonyl (C=O) groups is 2. The Bertz CT molecular complexity index is 716. The number of amides is 2. The lowest BCUT2D eigenvalue weighted by Gasteiger charge is -2.34. The van der Waals surface area contributed by atoms with Gasteiger partial charge in [0.2, 0.25) is 5.91 Å². The number of nitrogens with zero attached hydrogens (tertiary/aromatic N) is 1. The van der Waals surface area contributed by atoms with E-state index in [1.165, 1.54) is 32.7 Å². The van der Waals surface area contributed by atoms with E-state index in [1.807, 2.05) is 32.0 Å². The zero-order chi connectivity index (χ0) is 20.8. The lowest BCUT2D eigenvalue weighted by Crippen LogP contribution is -3.28. The highest BCUT2D eigenvalue weighted by Crippen LogP contribution is 2.35. The van der Waals surface area contributed by atoms with Crippen LogP contribution in [0.25, 0.3) is 0 Å². The van der Waals surface area contributed by atoms with Gasteiger partial charge in [-0.1, -0.05) is 13.0 Å². The summed E-state index contributed by atoms with van der Waals surface area (Å²) in [6, 6.07) is 5.75. The number of hydrogen-bond donors (Lipinski definition) is 3. The molecule has 2 heterocycles. The fraction of sp³-hybridized carbons (Fsp3) is 0.636.